The number of furan rings is 1. The van der Waals surface area contributed by atoms with Gasteiger partial charge in [0.05, 0.1) is 11.6 Å². The Kier molecular flexibility index (Phi) is 3.85. The van der Waals surface area contributed by atoms with E-state index in [4.69, 9.17) is 10.2 Å². The van der Waals surface area contributed by atoms with Crippen molar-refractivity contribution in [2.45, 2.75) is 25.6 Å². The van der Waals surface area contributed by atoms with Crippen LogP contribution in [0.2, 0.25) is 0 Å². The van der Waals surface area contributed by atoms with Gasteiger partial charge in [-0.05, 0) is 29.8 Å². The highest BCUT2D eigenvalue weighted by atomic mass is 19.4. The van der Waals surface area contributed by atoms with Gasteiger partial charge in [0, 0.05) is 6.42 Å². The summed E-state index contributed by atoms with van der Waals surface area (Å²) in [6.45, 7) is 1.89. The lowest BCUT2D eigenvalue weighted by atomic mass is 10.0. The second kappa shape index (κ2) is 5.28. The average Bonchev–Trinajstić information content (AvgIpc) is 2.85. The first-order valence-electron chi connectivity index (χ1n) is 6.03. The van der Waals surface area contributed by atoms with Crippen LogP contribution in [0.15, 0.2) is 34.7 Å². The molecule has 0 saturated carbocycles. The van der Waals surface area contributed by atoms with E-state index in [1.54, 1.807) is 12.1 Å². The minimum absolute atomic E-state index is 0.229. The third-order valence-corrected chi connectivity index (χ3v) is 3.00. The fraction of sp³-hybridized carbons (Fsp3) is 0.286. The zero-order valence-electron chi connectivity index (χ0n) is 10.7. The molecule has 1 heterocycles. The Bertz CT molecular complexity index is 603. The van der Waals surface area contributed by atoms with Crippen molar-refractivity contribution in [2.75, 3.05) is 0 Å². The predicted octanol–water partition coefficient (Wildman–Crippen LogP) is 4.05. The first kappa shape index (κ1) is 14.6. The Morgan fingerprint density at radius 3 is 2.40 bits per heavy atom. The van der Waals surface area contributed by atoms with Gasteiger partial charge >= 0.3 is 6.18 Å². The molecule has 1 unspecified atom stereocenters. The van der Waals surface area contributed by atoms with Crippen molar-refractivity contribution in [1.29, 1.82) is 0 Å². The zero-order valence-corrected chi connectivity index (χ0v) is 10.7. The van der Waals surface area contributed by atoms with E-state index in [0.717, 1.165) is 12.1 Å². The van der Waals surface area contributed by atoms with Crippen LogP contribution in [0.3, 0.4) is 0 Å². The second-order valence-electron chi connectivity index (χ2n) is 4.37. The Labute approximate surface area is 113 Å². The molecule has 6 heteroatoms. The van der Waals surface area contributed by atoms with E-state index >= 15 is 0 Å². The van der Waals surface area contributed by atoms with E-state index < -0.39 is 23.6 Å². The van der Waals surface area contributed by atoms with Gasteiger partial charge in [-0.25, -0.2) is 4.39 Å². The Hall–Kier alpha value is -1.82. The van der Waals surface area contributed by atoms with Gasteiger partial charge in [-0.15, -0.1) is 0 Å². The van der Waals surface area contributed by atoms with E-state index in [-0.39, 0.29) is 5.56 Å². The maximum absolute atomic E-state index is 13.5. The number of alkyl halides is 3. The summed E-state index contributed by atoms with van der Waals surface area (Å²) in [4.78, 5) is 0. The van der Waals surface area contributed by atoms with Crippen LogP contribution in [0.25, 0.3) is 0 Å². The van der Waals surface area contributed by atoms with Crippen LogP contribution in [0.4, 0.5) is 17.6 Å². The topological polar surface area (TPSA) is 39.2 Å². The van der Waals surface area contributed by atoms with Gasteiger partial charge in [0.25, 0.3) is 0 Å². The van der Waals surface area contributed by atoms with Crippen LogP contribution in [0.5, 0.6) is 0 Å². The summed E-state index contributed by atoms with van der Waals surface area (Å²) < 4.78 is 56.3. The van der Waals surface area contributed by atoms with Crippen molar-refractivity contribution in [3.05, 3.63) is 58.8 Å². The summed E-state index contributed by atoms with van der Waals surface area (Å²) in [6.07, 6.45) is -4.04. The molecule has 108 valence electrons. The van der Waals surface area contributed by atoms with Gasteiger partial charge in [-0.1, -0.05) is 13.0 Å². The summed E-state index contributed by atoms with van der Waals surface area (Å²) >= 11 is 0. The molecular weight excluding hydrogens is 274 g/mol. The number of rotatable bonds is 3. The summed E-state index contributed by atoms with van der Waals surface area (Å²) in [5.41, 5.74) is 4.80. The third kappa shape index (κ3) is 2.85. The van der Waals surface area contributed by atoms with E-state index in [1.165, 1.54) is 0 Å². The molecule has 0 amide bonds. The van der Waals surface area contributed by atoms with Crippen LogP contribution >= 0.6 is 0 Å². The van der Waals surface area contributed by atoms with Gasteiger partial charge in [0.1, 0.15) is 17.3 Å². The fourth-order valence-corrected chi connectivity index (χ4v) is 1.87. The number of halogens is 4. The lowest BCUT2D eigenvalue weighted by Crippen LogP contribution is -2.13. The van der Waals surface area contributed by atoms with Gasteiger partial charge in [-0.3, -0.25) is 0 Å². The Morgan fingerprint density at radius 2 is 1.90 bits per heavy atom. The molecule has 2 aromatic rings. The van der Waals surface area contributed by atoms with E-state index in [1.807, 2.05) is 6.92 Å². The second-order valence-corrected chi connectivity index (χ2v) is 4.37. The maximum atomic E-state index is 13.5. The number of benzene rings is 1. The predicted molar refractivity (Wildman–Crippen MR) is 65.5 cm³/mol. The molecule has 0 spiro atoms. The molecule has 0 saturated heterocycles. The molecule has 1 aromatic heterocycles. The van der Waals surface area contributed by atoms with Crippen LogP contribution in [-0.4, -0.2) is 0 Å². The summed E-state index contributed by atoms with van der Waals surface area (Å²) in [6, 6.07) is 5.21. The lowest BCUT2D eigenvalue weighted by molar-refractivity contribution is -0.140. The first-order chi connectivity index (χ1) is 9.32. The summed E-state index contributed by atoms with van der Waals surface area (Å²) in [5.74, 6) is -0.239. The number of hydrogen-bond acceptors (Lipinski definition) is 2. The van der Waals surface area contributed by atoms with E-state index in [0.29, 0.717) is 24.0 Å². The van der Waals surface area contributed by atoms with Crippen LogP contribution < -0.4 is 5.73 Å². The Morgan fingerprint density at radius 1 is 1.20 bits per heavy atom. The molecule has 20 heavy (non-hydrogen) atoms. The van der Waals surface area contributed by atoms with Crippen molar-refractivity contribution in [3.63, 3.8) is 0 Å². The van der Waals surface area contributed by atoms with Crippen molar-refractivity contribution in [3.8, 4) is 0 Å². The number of nitrogens with two attached hydrogens (primary N) is 1. The normalized spacial score (nSPS) is 13.5. The average molecular weight is 287 g/mol. The van der Waals surface area contributed by atoms with Gasteiger partial charge in [-0.2, -0.15) is 13.2 Å². The van der Waals surface area contributed by atoms with Gasteiger partial charge < -0.3 is 10.2 Å². The molecule has 2 nitrogen and oxygen atoms in total. The molecule has 1 aromatic carbocycles. The highest BCUT2D eigenvalue weighted by Crippen LogP contribution is 2.33. The zero-order chi connectivity index (χ0) is 14.9. The third-order valence-electron chi connectivity index (χ3n) is 3.00. The largest absolute Gasteiger partial charge is 0.464 e. The van der Waals surface area contributed by atoms with Crippen molar-refractivity contribution in [1.82, 2.24) is 0 Å². The number of hydrogen-bond donors (Lipinski definition) is 1. The van der Waals surface area contributed by atoms with E-state index in [2.05, 4.69) is 0 Å². The fourth-order valence-electron chi connectivity index (χ4n) is 1.87. The SMILES string of the molecule is CCc1ccc(C(N)c2ccc(C(F)(F)F)c(F)c2)o1. The van der Waals surface area contributed by atoms with Crippen molar-refractivity contribution < 1.29 is 22.0 Å². The molecule has 1 atom stereocenters. The monoisotopic (exact) mass is 287 g/mol. The standard InChI is InChI=1S/C14H13F4NO/c1-2-9-4-6-12(20-9)13(19)8-3-5-10(11(15)7-8)14(16,17)18/h3-7,13H,2,19H2,1H3. The molecular formula is C14H13F4NO. The van der Waals surface area contributed by atoms with Crippen LogP contribution in [-0.2, 0) is 12.6 Å². The molecule has 0 bridgehead atoms. The van der Waals surface area contributed by atoms with Crippen LogP contribution in [0, 0.1) is 5.82 Å². The molecule has 2 rings (SSSR count). The molecule has 0 fully saturated rings. The van der Waals surface area contributed by atoms with Gasteiger partial charge in [0.15, 0.2) is 0 Å². The van der Waals surface area contributed by atoms with Gasteiger partial charge in [0.2, 0.25) is 0 Å². The minimum atomic E-state index is -4.72. The van der Waals surface area contributed by atoms with E-state index in [9.17, 15) is 17.6 Å². The summed E-state index contributed by atoms with van der Waals surface area (Å²) in [5, 5.41) is 0. The molecule has 0 aliphatic carbocycles. The highest BCUT2D eigenvalue weighted by Gasteiger charge is 2.34. The molecule has 0 radical (unpaired) electrons. The quantitative estimate of drug-likeness (QED) is 0.865. The molecule has 0 aliphatic rings. The lowest BCUT2D eigenvalue weighted by Gasteiger charge is -2.13. The highest BCUT2D eigenvalue weighted by molar-refractivity contribution is 5.32. The van der Waals surface area contributed by atoms with Crippen molar-refractivity contribution in [2.24, 2.45) is 5.73 Å². The van der Waals surface area contributed by atoms with Crippen molar-refractivity contribution >= 4 is 0 Å². The number of aryl methyl sites for hydroxylation is 1. The molecule has 2 N–H and O–H groups in total. The minimum Gasteiger partial charge on any atom is -0.464 e. The van der Waals surface area contributed by atoms with Crippen LogP contribution in [0.1, 0.15) is 35.6 Å². The Balaban J connectivity index is 2.31. The maximum Gasteiger partial charge on any atom is 0.419 e. The smallest absolute Gasteiger partial charge is 0.419 e. The molecule has 0 aliphatic heterocycles. The first-order valence-corrected chi connectivity index (χ1v) is 6.03. The summed E-state index contributed by atoms with van der Waals surface area (Å²) in [7, 11) is 0.